The summed E-state index contributed by atoms with van der Waals surface area (Å²) in [5.41, 5.74) is 1.18. The van der Waals surface area contributed by atoms with Crippen LogP contribution >= 0.6 is 0 Å². The molecule has 1 heterocycles. The van der Waals surface area contributed by atoms with E-state index in [0.29, 0.717) is 24.9 Å². The summed E-state index contributed by atoms with van der Waals surface area (Å²) in [5.74, 6) is 0.855. The second-order valence-corrected chi connectivity index (χ2v) is 7.83. The highest BCUT2D eigenvalue weighted by Crippen LogP contribution is 2.35. The number of nitrogens with one attached hydrogen (secondary N) is 1. The van der Waals surface area contributed by atoms with Crippen LogP contribution in [0.25, 0.3) is 0 Å². The van der Waals surface area contributed by atoms with E-state index in [1.165, 1.54) is 31.2 Å². The number of aliphatic hydroxyl groups is 1. The molecule has 0 bridgehead atoms. The van der Waals surface area contributed by atoms with Gasteiger partial charge >= 0.3 is 6.03 Å². The van der Waals surface area contributed by atoms with Crippen LogP contribution in [0.1, 0.15) is 63.4 Å². The van der Waals surface area contributed by atoms with E-state index in [2.05, 4.69) is 22.3 Å². The highest BCUT2D eigenvalue weighted by molar-refractivity contribution is 5.75. The van der Waals surface area contributed by atoms with Crippen LogP contribution in [0.15, 0.2) is 30.3 Å². The summed E-state index contributed by atoms with van der Waals surface area (Å²) in [6.07, 6.45) is 7.78. The standard InChI is InChI=1S/C21H32N2O2/c1-16(24)14-19(17-8-3-2-4-9-17)15-22-21(25)23-13-7-12-20(23)18-10-5-6-11-18/h2-4,8-9,16,18-20,24H,5-7,10-15H2,1H3,(H,22,25). The summed E-state index contributed by atoms with van der Waals surface area (Å²) in [6, 6.07) is 10.7. The van der Waals surface area contributed by atoms with E-state index in [-0.39, 0.29) is 18.1 Å². The lowest BCUT2D eigenvalue weighted by Crippen LogP contribution is -2.46. The Morgan fingerprint density at radius 3 is 2.60 bits per heavy atom. The van der Waals surface area contributed by atoms with Crippen molar-refractivity contribution in [1.82, 2.24) is 10.2 Å². The van der Waals surface area contributed by atoms with Crippen LogP contribution in [-0.2, 0) is 0 Å². The third-order valence-corrected chi connectivity index (χ3v) is 5.90. The number of urea groups is 1. The summed E-state index contributed by atoms with van der Waals surface area (Å²) in [7, 11) is 0. The fraction of sp³-hybridized carbons (Fsp3) is 0.667. The van der Waals surface area contributed by atoms with Crippen molar-refractivity contribution in [2.75, 3.05) is 13.1 Å². The number of hydrogen-bond donors (Lipinski definition) is 2. The lowest BCUT2D eigenvalue weighted by molar-refractivity contribution is 0.163. The molecule has 2 amide bonds. The molecule has 3 atom stereocenters. The minimum absolute atomic E-state index is 0.0842. The Hall–Kier alpha value is -1.55. The first-order valence-corrected chi connectivity index (χ1v) is 9.92. The van der Waals surface area contributed by atoms with E-state index in [1.807, 2.05) is 25.1 Å². The molecule has 138 valence electrons. The third kappa shape index (κ3) is 4.75. The minimum Gasteiger partial charge on any atom is -0.393 e. The first kappa shape index (κ1) is 18.2. The van der Waals surface area contributed by atoms with Gasteiger partial charge in [0.05, 0.1) is 6.10 Å². The van der Waals surface area contributed by atoms with Crippen LogP contribution in [-0.4, -0.2) is 41.3 Å². The first-order valence-electron chi connectivity index (χ1n) is 9.92. The highest BCUT2D eigenvalue weighted by atomic mass is 16.3. The Morgan fingerprint density at radius 1 is 1.20 bits per heavy atom. The number of hydrogen-bond acceptors (Lipinski definition) is 2. The topological polar surface area (TPSA) is 52.6 Å². The Morgan fingerprint density at radius 2 is 1.92 bits per heavy atom. The van der Waals surface area contributed by atoms with Gasteiger partial charge in [-0.1, -0.05) is 43.2 Å². The number of likely N-dealkylation sites (tertiary alicyclic amines) is 1. The molecule has 1 aromatic rings. The molecule has 1 aliphatic carbocycles. The SMILES string of the molecule is CC(O)CC(CNC(=O)N1CCCC1C1CCCC1)c1ccccc1. The van der Waals surface area contributed by atoms with Crippen LogP contribution in [0.2, 0.25) is 0 Å². The average molecular weight is 344 g/mol. The van der Waals surface area contributed by atoms with Crippen LogP contribution in [0.3, 0.4) is 0 Å². The number of amides is 2. The minimum atomic E-state index is -0.375. The van der Waals surface area contributed by atoms with Crippen molar-refractivity contribution in [2.45, 2.75) is 69.9 Å². The molecule has 3 rings (SSSR count). The molecule has 1 aromatic carbocycles. The summed E-state index contributed by atoms with van der Waals surface area (Å²) in [6.45, 7) is 3.29. The van der Waals surface area contributed by atoms with Crippen molar-refractivity contribution in [2.24, 2.45) is 5.92 Å². The van der Waals surface area contributed by atoms with E-state index >= 15 is 0 Å². The van der Waals surface area contributed by atoms with Gasteiger partial charge in [0.2, 0.25) is 0 Å². The first-order chi connectivity index (χ1) is 12.1. The normalized spacial score (nSPS) is 23.6. The fourth-order valence-corrected chi connectivity index (χ4v) is 4.66. The molecule has 2 N–H and O–H groups in total. The monoisotopic (exact) mass is 344 g/mol. The fourth-order valence-electron chi connectivity index (χ4n) is 4.66. The van der Waals surface area contributed by atoms with Crippen molar-refractivity contribution in [1.29, 1.82) is 0 Å². The van der Waals surface area contributed by atoms with Gasteiger partial charge in [-0.05, 0) is 50.5 Å². The summed E-state index contributed by atoms with van der Waals surface area (Å²) in [5, 5.41) is 13.0. The zero-order valence-electron chi connectivity index (χ0n) is 15.4. The van der Waals surface area contributed by atoms with E-state index in [1.54, 1.807) is 0 Å². The molecular formula is C21H32N2O2. The van der Waals surface area contributed by atoms with Gasteiger partial charge in [0.1, 0.15) is 0 Å². The molecule has 2 fully saturated rings. The van der Waals surface area contributed by atoms with Crippen LogP contribution in [0.5, 0.6) is 0 Å². The maximum Gasteiger partial charge on any atom is 0.317 e. The Bertz CT molecular complexity index is 540. The van der Waals surface area contributed by atoms with Gasteiger partial charge in [-0.3, -0.25) is 0 Å². The van der Waals surface area contributed by atoms with Crippen LogP contribution in [0.4, 0.5) is 4.79 Å². The summed E-state index contributed by atoms with van der Waals surface area (Å²) in [4.78, 5) is 14.9. The van der Waals surface area contributed by atoms with Crippen molar-refractivity contribution in [3.05, 3.63) is 35.9 Å². The number of aliphatic hydroxyl groups excluding tert-OH is 1. The molecule has 4 nitrogen and oxygen atoms in total. The zero-order valence-corrected chi connectivity index (χ0v) is 15.4. The molecular weight excluding hydrogens is 312 g/mol. The van der Waals surface area contributed by atoms with Crippen molar-refractivity contribution in [3.63, 3.8) is 0 Å². The predicted molar refractivity (Wildman–Crippen MR) is 101 cm³/mol. The molecule has 0 aromatic heterocycles. The molecule has 1 saturated carbocycles. The van der Waals surface area contributed by atoms with E-state index in [4.69, 9.17) is 0 Å². The molecule has 3 unspecified atom stereocenters. The largest absolute Gasteiger partial charge is 0.393 e. The molecule has 1 saturated heterocycles. The van der Waals surface area contributed by atoms with Crippen molar-refractivity contribution >= 4 is 6.03 Å². The van der Waals surface area contributed by atoms with Crippen molar-refractivity contribution < 1.29 is 9.90 Å². The average Bonchev–Trinajstić information content (AvgIpc) is 3.29. The maximum absolute atomic E-state index is 12.8. The molecule has 0 spiro atoms. The highest BCUT2D eigenvalue weighted by Gasteiger charge is 2.35. The molecule has 0 radical (unpaired) electrons. The Balaban J connectivity index is 1.59. The quantitative estimate of drug-likeness (QED) is 0.822. The van der Waals surface area contributed by atoms with E-state index in [0.717, 1.165) is 19.4 Å². The van der Waals surface area contributed by atoms with Gasteiger partial charge in [0.25, 0.3) is 0 Å². The van der Waals surface area contributed by atoms with Gasteiger partial charge in [0.15, 0.2) is 0 Å². The second-order valence-electron chi connectivity index (χ2n) is 7.83. The molecule has 25 heavy (non-hydrogen) atoms. The smallest absolute Gasteiger partial charge is 0.317 e. The maximum atomic E-state index is 12.8. The number of nitrogens with zero attached hydrogens (tertiary/aromatic N) is 1. The third-order valence-electron chi connectivity index (χ3n) is 5.90. The summed E-state index contributed by atoms with van der Waals surface area (Å²) < 4.78 is 0. The second kappa shape index (κ2) is 8.70. The van der Waals surface area contributed by atoms with Gasteiger partial charge in [-0.15, -0.1) is 0 Å². The Kier molecular flexibility index (Phi) is 6.35. The number of carbonyl (C=O) groups is 1. The van der Waals surface area contributed by atoms with Gasteiger partial charge < -0.3 is 15.3 Å². The number of rotatable bonds is 6. The van der Waals surface area contributed by atoms with Gasteiger partial charge in [0, 0.05) is 25.0 Å². The van der Waals surface area contributed by atoms with Crippen LogP contribution in [0, 0.1) is 5.92 Å². The van der Waals surface area contributed by atoms with Gasteiger partial charge in [-0.2, -0.15) is 0 Å². The zero-order chi connectivity index (χ0) is 17.6. The van der Waals surface area contributed by atoms with Gasteiger partial charge in [-0.25, -0.2) is 4.79 Å². The Labute approximate surface area is 151 Å². The van der Waals surface area contributed by atoms with E-state index < -0.39 is 0 Å². The number of carbonyl (C=O) groups excluding carboxylic acids is 1. The van der Waals surface area contributed by atoms with E-state index in [9.17, 15) is 9.90 Å². The van der Waals surface area contributed by atoms with Crippen LogP contribution < -0.4 is 5.32 Å². The molecule has 4 heteroatoms. The predicted octanol–water partition coefficient (Wildman–Crippen LogP) is 3.91. The lowest BCUT2D eigenvalue weighted by atomic mass is 9.93. The molecule has 1 aliphatic heterocycles. The molecule has 2 aliphatic rings. The number of benzene rings is 1. The van der Waals surface area contributed by atoms with Crippen molar-refractivity contribution in [3.8, 4) is 0 Å². The lowest BCUT2D eigenvalue weighted by Gasteiger charge is -2.30. The summed E-state index contributed by atoms with van der Waals surface area (Å²) >= 11 is 0.